The first-order valence-electron chi connectivity index (χ1n) is 5.20. The van der Waals surface area contributed by atoms with E-state index in [1.807, 2.05) is 38.1 Å². The maximum atomic E-state index is 5.55. The lowest BCUT2D eigenvalue weighted by atomic mass is 9.75. The molecule has 76 valence electrons. The molecular weight excluding hydrogens is 175 g/mol. The minimum Gasteiger partial charge on any atom is -0.523 e. The molecule has 0 bridgehead atoms. The Kier molecular flexibility index (Phi) is 3.87. The van der Waals surface area contributed by atoms with E-state index in [9.17, 15) is 0 Å². The van der Waals surface area contributed by atoms with Crippen LogP contribution in [0.25, 0.3) is 0 Å². The van der Waals surface area contributed by atoms with Gasteiger partial charge in [-0.2, -0.15) is 0 Å². The van der Waals surface area contributed by atoms with Crippen molar-refractivity contribution in [2.75, 3.05) is 0 Å². The molecule has 0 spiro atoms. The maximum Gasteiger partial charge on any atom is 0.597 e. The molecule has 1 heterocycles. The van der Waals surface area contributed by atoms with Crippen molar-refractivity contribution >= 4 is 7.12 Å². The molecule has 1 aliphatic rings. The second-order valence-electron chi connectivity index (χ2n) is 3.29. The van der Waals surface area contributed by atoms with Crippen molar-refractivity contribution in [2.45, 2.75) is 33.5 Å². The van der Waals surface area contributed by atoms with E-state index in [1.54, 1.807) is 0 Å². The van der Waals surface area contributed by atoms with Gasteiger partial charge in [0.25, 0.3) is 0 Å². The topological polar surface area (TPSA) is 18.5 Å². The Morgan fingerprint density at radius 2 is 1.43 bits per heavy atom. The third kappa shape index (κ3) is 2.22. The molecule has 2 nitrogen and oxygen atoms in total. The number of hydrogen-bond acceptors (Lipinski definition) is 2. The van der Waals surface area contributed by atoms with Crippen LogP contribution in [0.15, 0.2) is 24.3 Å². The predicted molar refractivity (Wildman–Crippen MR) is 59.9 cm³/mol. The Balaban J connectivity index is 0.000000461. The second kappa shape index (κ2) is 4.94. The Labute approximate surface area is 86.4 Å². The fraction of sp³-hybridized carbons (Fsp3) is 0.455. The summed E-state index contributed by atoms with van der Waals surface area (Å²) in [7, 11) is -0.109. The van der Waals surface area contributed by atoms with Crippen LogP contribution in [0.1, 0.15) is 27.7 Å². The smallest absolute Gasteiger partial charge is 0.523 e. The van der Waals surface area contributed by atoms with Gasteiger partial charge in [0.15, 0.2) is 0 Å². The lowest BCUT2D eigenvalue weighted by Crippen LogP contribution is -2.27. The zero-order valence-electron chi connectivity index (χ0n) is 9.28. The summed E-state index contributed by atoms with van der Waals surface area (Å²) in [5, 5.41) is 0. The van der Waals surface area contributed by atoms with Crippen LogP contribution < -0.4 is 9.31 Å². The molecule has 0 amide bonds. The summed E-state index contributed by atoms with van der Waals surface area (Å²) in [5.74, 6) is 2.10. The van der Waals surface area contributed by atoms with Gasteiger partial charge in [-0.3, -0.25) is 0 Å². The van der Waals surface area contributed by atoms with Crippen LogP contribution in [0, 0.1) is 0 Å². The van der Waals surface area contributed by atoms with Gasteiger partial charge in [-0.15, -0.1) is 0 Å². The van der Waals surface area contributed by atoms with Crippen LogP contribution >= 0.6 is 0 Å². The molecule has 0 fully saturated rings. The molecule has 1 aromatic carbocycles. The molecule has 0 aromatic heterocycles. The molecule has 14 heavy (non-hydrogen) atoms. The minimum absolute atomic E-state index is 0.109. The van der Waals surface area contributed by atoms with Crippen LogP contribution in [0.5, 0.6) is 11.5 Å². The third-order valence-corrected chi connectivity index (χ3v) is 1.88. The van der Waals surface area contributed by atoms with Crippen molar-refractivity contribution in [3.05, 3.63) is 24.3 Å². The van der Waals surface area contributed by atoms with Gasteiger partial charge < -0.3 is 9.31 Å². The van der Waals surface area contributed by atoms with Gasteiger partial charge >= 0.3 is 7.12 Å². The highest BCUT2D eigenvalue weighted by molar-refractivity contribution is 6.49. The minimum atomic E-state index is -0.109. The standard InChI is InChI=1S/C9H11BO2.C2H6/c1-7(2)10-11-8-5-3-4-6-9(8)12-10;1-2/h3-7H,1-2H3;1-2H3. The largest absolute Gasteiger partial charge is 0.597 e. The van der Waals surface area contributed by atoms with E-state index < -0.39 is 0 Å². The van der Waals surface area contributed by atoms with Gasteiger partial charge in [-0.25, -0.2) is 0 Å². The van der Waals surface area contributed by atoms with Gasteiger partial charge in [0, 0.05) is 5.82 Å². The lowest BCUT2D eigenvalue weighted by molar-refractivity contribution is 0.481. The van der Waals surface area contributed by atoms with E-state index in [4.69, 9.17) is 9.31 Å². The molecule has 0 saturated carbocycles. The van der Waals surface area contributed by atoms with Crippen LogP contribution in [-0.4, -0.2) is 7.12 Å². The fourth-order valence-electron chi connectivity index (χ4n) is 1.19. The van der Waals surface area contributed by atoms with Crippen LogP contribution in [-0.2, 0) is 0 Å². The molecule has 0 radical (unpaired) electrons. The van der Waals surface area contributed by atoms with E-state index in [0.717, 1.165) is 11.5 Å². The first-order chi connectivity index (χ1) is 6.77. The molecule has 1 aromatic rings. The predicted octanol–water partition coefficient (Wildman–Crippen LogP) is 3.38. The molecule has 1 aliphatic heterocycles. The highest BCUT2D eigenvalue weighted by atomic mass is 16.6. The van der Waals surface area contributed by atoms with Crippen molar-refractivity contribution in [3.8, 4) is 11.5 Å². The Morgan fingerprint density at radius 3 is 1.79 bits per heavy atom. The number of fused-ring (bicyclic) bond motifs is 1. The van der Waals surface area contributed by atoms with Crippen molar-refractivity contribution in [1.29, 1.82) is 0 Å². The molecular formula is C11H17BO2. The lowest BCUT2D eigenvalue weighted by Gasteiger charge is -2.06. The average Bonchev–Trinajstić information content (AvgIpc) is 2.64. The highest BCUT2D eigenvalue weighted by Crippen LogP contribution is 2.35. The Morgan fingerprint density at radius 1 is 1.00 bits per heavy atom. The highest BCUT2D eigenvalue weighted by Gasteiger charge is 2.34. The number of benzene rings is 1. The summed E-state index contributed by atoms with van der Waals surface area (Å²) < 4.78 is 11.1. The summed E-state index contributed by atoms with van der Waals surface area (Å²) in [6.45, 7) is 8.16. The molecule has 0 N–H and O–H groups in total. The monoisotopic (exact) mass is 192 g/mol. The second-order valence-corrected chi connectivity index (χ2v) is 3.29. The molecule has 0 atom stereocenters. The maximum absolute atomic E-state index is 5.55. The SMILES string of the molecule is CC.CC(C)B1Oc2ccccc2O1. The zero-order chi connectivity index (χ0) is 10.6. The number of para-hydroxylation sites is 2. The van der Waals surface area contributed by atoms with Crippen molar-refractivity contribution in [2.24, 2.45) is 0 Å². The van der Waals surface area contributed by atoms with Crippen molar-refractivity contribution < 1.29 is 9.31 Å². The van der Waals surface area contributed by atoms with Gasteiger partial charge in [-0.05, 0) is 12.1 Å². The molecule has 2 rings (SSSR count). The number of hydrogen-bond donors (Lipinski definition) is 0. The molecule has 0 saturated heterocycles. The quantitative estimate of drug-likeness (QED) is 0.635. The average molecular weight is 192 g/mol. The summed E-state index contributed by atoms with van der Waals surface area (Å²) in [5.41, 5.74) is 0. The van der Waals surface area contributed by atoms with Gasteiger partial charge in [-0.1, -0.05) is 39.8 Å². The van der Waals surface area contributed by atoms with E-state index in [2.05, 4.69) is 13.8 Å². The van der Waals surface area contributed by atoms with Gasteiger partial charge in [0.1, 0.15) is 11.5 Å². The fourth-order valence-corrected chi connectivity index (χ4v) is 1.19. The molecule has 0 unspecified atom stereocenters. The van der Waals surface area contributed by atoms with Crippen LogP contribution in [0.2, 0.25) is 5.82 Å². The van der Waals surface area contributed by atoms with E-state index in [-0.39, 0.29) is 7.12 Å². The summed E-state index contributed by atoms with van der Waals surface area (Å²) in [6.07, 6.45) is 0. The van der Waals surface area contributed by atoms with Crippen LogP contribution in [0.3, 0.4) is 0 Å². The van der Waals surface area contributed by atoms with Crippen molar-refractivity contribution in [3.63, 3.8) is 0 Å². The van der Waals surface area contributed by atoms with E-state index in [1.165, 1.54) is 0 Å². The normalized spacial score (nSPS) is 12.5. The van der Waals surface area contributed by atoms with Crippen LogP contribution in [0.4, 0.5) is 0 Å². The molecule has 3 heteroatoms. The third-order valence-electron chi connectivity index (χ3n) is 1.88. The van der Waals surface area contributed by atoms with E-state index in [0.29, 0.717) is 5.82 Å². The first kappa shape index (κ1) is 11.0. The van der Waals surface area contributed by atoms with Gasteiger partial charge in [0.2, 0.25) is 0 Å². The first-order valence-corrected chi connectivity index (χ1v) is 5.20. The zero-order valence-corrected chi connectivity index (χ0v) is 9.28. The van der Waals surface area contributed by atoms with Gasteiger partial charge in [0.05, 0.1) is 0 Å². The summed E-state index contributed by atoms with van der Waals surface area (Å²) >= 11 is 0. The molecule has 0 aliphatic carbocycles. The van der Waals surface area contributed by atoms with Crippen molar-refractivity contribution in [1.82, 2.24) is 0 Å². The Bertz CT molecular complexity index is 261. The summed E-state index contributed by atoms with van der Waals surface area (Å²) in [6, 6.07) is 7.76. The summed E-state index contributed by atoms with van der Waals surface area (Å²) in [4.78, 5) is 0. The Hall–Kier alpha value is -1.12. The number of rotatable bonds is 1. The van der Waals surface area contributed by atoms with E-state index >= 15 is 0 Å².